The Bertz CT molecular complexity index is 2250. The Morgan fingerprint density at radius 2 is 1.52 bits per heavy atom. The van der Waals surface area contributed by atoms with Crippen molar-refractivity contribution in [2.75, 3.05) is 24.5 Å². The van der Waals surface area contributed by atoms with Crippen LogP contribution in [0.3, 0.4) is 0 Å². The summed E-state index contributed by atoms with van der Waals surface area (Å²) in [5.74, 6) is -7.33. The van der Waals surface area contributed by atoms with Crippen LogP contribution in [0.15, 0.2) is 103 Å². The number of nitrogens with one attached hydrogen (secondary N) is 1. The predicted molar refractivity (Wildman–Crippen MR) is 196 cm³/mol. The van der Waals surface area contributed by atoms with Gasteiger partial charge in [0.1, 0.15) is 17.2 Å². The van der Waals surface area contributed by atoms with E-state index in [1.54, 1.807) is 24.3 Å². The molecule has 4 aromatic rings. The predicted octanol–water partition coefficient (Wildman–Crippen LogP) is 5.61. The van der Waals surface area contributed by atoms with Crippen LogP contribution in [0.4, 0.5) is 11.4 Å². The van der Waals surface area contributed by atoms with Crippen LogP contribution < -0.4 is 19.8 Å². The average Bonchev–Trinajstić information content (AvgIpc) is 3.56. The number of carbonyl (C=O) groups is 5. The van der Waals surface area contributed by atoms with Gasteiger partial charge in [0.15, 0.2) is 0 Å². The summed E-state index contributed by atoms with van der Waals surface area (Å²) in [5.41, 5.74) is 4.70. The van der Waals surface area contributed by atoms with Crippen molar-refractivity contribution in [3.05, 3.63) is 125 Å². The Kier molecular flexibility index (Phi) is 8.28. The lowest BCUT2D eigenvalue weighted by atomic mass is 9.49. The van der Waals surface area contributed by atoms with Crippen LogP contribution >= 0.6 is 0 Å². The molecule has 2 aliphatic heterocycles. The van der Waals surface area contributed by atoms with Crippen molar-refractivity contribution in [1.29, 1.82) is 0 Å². The maximum Gasteiger partial charge on any atom is 0.335 e. The van der Waals surface area contributed by atoms with Gasteiger partial charge in [-0.1, -0.05) is 65.7 Å². The van der Waals surface area contributed by atoms with Crippen molar-refractivity contribution in [3.63, 3.8) is 0 Å². The Morgan fingerprint density at radius 1 is 0.833 bits per heavy atom. The molecule has 274 valence electrons. The first-order chi connectivity index (χ1) is 26.0. The second-order valence-corrected chi connectivity index (χ2v) is 14.2. The summed E-state index contributed by atoms with van der Waals surface area (Å²) in [6, 6.07) is 24.9. The zero-order valence-electron chi connectivity index (χ0n) is 29.7. The topological polar surface area (TPSA) is 163 Å². The van der Waals surface area contributed by atoms with Crippen molar-refractivity contribution in [2.24, 2.45) is 23.7 Å². The highest BCUT2D eigenvalue weighted by Crippen LogP contribution is 2.66. The zero-order valence-corrected chi connectivity index (χ0v) is 29.7. The van der Waals surface area contributed by atoms with Gasteiger partial charge < -0.3 is 19.7 Å². The zero-order chi connectivity index (χ0) is 38.1. The highest BCUT2D eigenvalue weighted by atomic mass is 16.5. The fourth-order valence-electron chi connectivity index (χ4n) is 9.30. The van der Waals surface area contributed by atoms with Crippen LogP contribution in [0.5, 0.6) is 17.2 Å². The number of carboxylic acids is 1. The minimum Gasteiger partial charge on any atom is -0.508 e. The van der Waals surface area contributed by atoms with Crippen molar-refractivity contribution >= 4 is 41.0 Å². The van der Waals surface area contributed by atoms with E-state index in [-0.39, 0.29) is 41.3 Å². The maximum absolute atomic E-state index is 15.4. The second kappa shape index (κ2) is 12.9. The van der Waals surface area contributed by atoms with Gasteiger partial charge >= 0.3 is 5.97 Å². The van der Waals surface area contributed by atoms with Crippen LogP contribution in [-0.2, 0) is 24.6 Å². The molecule has 2 heterocycles. The van der Waals surface area contributed by atoms with Gasteiger partial charge in [-0.2, -0.15) is 5.01 Å². The summed E-state index contributed by atoms with van der Waals surface area (Å²) in [6.07, 6.45) is 2.11. The van der Waals surface area contributed by atoms with E-state index in [2.05, 4.69) is 5.43 Å². The molecule has 2 aliphatic carbocycles. The molecule has 6 atom stereocenters. The largest absolute Gasteiger partial charge is 0.508 e. The molecule has 0 spiro atoms. The number of hydrogen-bond donors (Lipinski definition) is 3. The summed E-state index contributed by atoms with van der Waals surface area (Å²) < 4.78 is 11.8. The first-order valence-electron chi connectivity index (χ1n) is 17.6. The van der Waals surface area contributed by atoms with Crippen LogP contribution in [0.2, 0.25) is 0 Å². The van der Waals surface area contributed by atoms with E-state index in [1.165, 1.54) is 50.6 Å². The molecule has 12 nitrogen and oxygen atoms in total. The summed E-state index contributed by atoms with van der Waals surface area (Å²) in [4.78, 5) is 72.0. The van der Waals surface area contributed by atoms with Crippen molar-refractivity contribution in [1.82, 2.24) is 5.01 Å². The molecule has 12 heteroatoms. The highest BCUT2D eigenvalue weighted by Gasteiger charge is 2.71. The van der Waals surface area contributed by atoms with Gasteiger partial charge in [-0.15, -0.1) is 0 Å². The minimum atomic E-state index is -1.59. The smallest absolute Gasteiger partial charge is 0.335 e. The molecule has 4 aliphatic rings. The standard InChI is InChI=1S/C42H37N3O9/c1-22-12-14-25(15-13-22)43-45-38(48)31-21-30-28(16-17-29-34(30)39(49)44(37(29)47)26-11-7-8-23(18-26)40(50)51)36(35-32(53-2)19-27(46)20-33(35)54-3)42(31,41(45)52)24-9-5-4-6-10-24/h4-16,18-20,29-31,34,36,43,46H,17,21H2,1-3H3,(H,50,51). The van der Waals surface area contributed by atoms with Crippen LogP contribution in [0, 0.1) is 30.6 Å². The number of aromatic hydroxyl groups is 1. The number of anilines is 2. The molecular formula is C42H37N3O9. The number of hydrazine groups is 1. The molecule has 8 rings (SSSR count). The Labute approximate surface area is 310 Å². The molecule has 2 saturated heterocycles. The Hall–Kier alpha value is -6.43. The van der Waals surface area contributed by atoms with Crippen LogP contribution in [0.1, 0.15) is 45.8 Å². The lowest BCUT2D eigenvalue weighted by Gasteiger charge is -2.51. The van der Waals surface area contributed by atoms with Gasteiger partial charge in [0, 0.05) is 23.6 Å². The molecule has 0 aromatic heterocycles. The summed E-state index contributed by atoms with van der Waals surface area (Å²) in [5, 5.41) is 21.5. The van der Waals surface area contributed by atoms with Gasteiger partial charge in [-0.3, -0.25) is 29.5 Å². The average molecular weight is 728 g/mol. The van der Waals surface area contributed by atoms with Crippen molar-refractivity contribution in [2.45, 2.75) is 31.1 Å². The van der Waals surface area contributed by atoms with E-state index in [0.29, 0.717) is 22.4 Å². The van der Waals surface area contributed by atoms with E-state index in [9.17, 15) is 29.4 Å². The molecule has 54 heavy (non-hydrogen) atoms. The van der Waals surface area contributed by atoms with Crippen molar-refractivity contribution < 1.29 is 43.7 Å². The van der Waals surface area contributed by atoms with Crippen LogP contribution in [0.25, 0.3) is 0 Å². The number of nitrogens with zero attached hydrogens (tertiary/aromatic N) is 2. The third kappa shape index (κ3) is 5.00. The van der Waals surface area contributed by atoms with Gasteiger partial charge in [0.25, 0.3) is 11.8 Å². The SMILES string of the molecule is COc1cc(O)cc(OC)c1C1C2=CCC3C(=O)N(c4cccc(C(=O)O)c4)C(=O)C3C2CC2C(=O)N(Nc3ccc(C)cc3)C(=O)C21c1ccccc1. The quantitative estimate of drug-likeness (QED) is 0.154. The number of phenolic OH excluding ortho intramolecular Hbond substituents is 1. The number of hydrogen-bond acceptors (Lipinski definition) is 9. The number of rotatable bonds is 8. The van der Waals surface area contributed by atoms with Gasteiger partial charge in [0.2, 0.25) is 11.8 Å². The third-order valence-corrected chi connectivity index (χ3v) is 11.6. The summed E-state index contributed by atoms with van der Waals surface area (Å²) in [7, 11) is 2.87. The number of methoxy groups -OCH3 is 2. The lowest BCUT2D eigenvalue weighted by molar-refractivity contribution is -0.138. The van der Waals surface area contributed by atoms with Gasteiger partial charge in [-0.05, 0) is 61.6 Å². The first kappa shape index (κ1) is 34.6. The number of imide groups is 2. The number of allylic oxidation sites excluding steroid dienone is 2. The van der Waals surface area contributed by atoms with E-state index in [1.807, 2.05) is 43.3 Å². The number of fused-ring (bicyclic) bond motifs is 4. The molecule has 3 N–H and O–H groups in total. The fraction of sp³-hybridized carbons (Fsp3) is 0.262. The number of aryl methyl sites for hydroxylation is 1. The molecule has 0 radical (unpaired) electrons. The second-order valence-electron chi connectivity index (χ2n) is 14.2. The molecule has 4 aromatic carbocycles. The number of ether oxygens (including phenoxy) is 2. The fourth-order valence-corrected chi connectivity index (χ4v) is 9.30. The van der Waals surface area contributed by atoms with E-state index >= 15 is 4.79 Å². The third-order valence-electron chi connectivity index (χ3n) is 11.6. The van der Waals surface area contributed by atoms with E-state index < -0.39 is 64.6 Å². The maximum atomic E-state index is 15.4. The van der Waals surface area contributed by atoms with Crippen LogP contribution in [-0.4, -0.2) is 59.0 Å². The highest BCUT2D eigenvalue weighted by molar-refractivity contribution is 6.23. The Morgan fingerprint density at radius 3 is 2.17 bits per heavy atom. The number of aromatic carboxylic acids is 1. The summed E-state index contributed by atoms with van der Waals surface area (Å²) >= 11 is 0. The number of carbonyl (C=O) groups excluding carboxylic acids is 4. The molecule has 3 fully saturated rings. The van der Waals surface area contributed by atoms with Crippen molar-refractivity contribution in [3.8, 4) is 17.2 Å². The lowest BCUT2D eigenvalue weighted by Crippen LogP contribution is -2.53. The number of benzene rings is 4. The molecule has 1 saturated carbocycles. The monoisotopic (exact) mass is 727 g/mol. The molecular weight excluding hydrogens is 690 g/mol. The first-order valence-corrected chi connectivity index (χ1v) is 17.6. The number of amides is 4. The normalized spacial score (nSPS) is 25.8. The van der Waals surface area contributed by atoms with Gasteiger partial charge in [0.05, 0.1) is 54.3 Å². The minimum absolute atomic E-state index is 0.0553. The number of carboxylic acid groups (broad SMARTS) is 1. The summed E-state index contributed by atoms with van der Waals surface area (Å²) in [6.45, 7) is 1.93. The van der Waals surface area contributed by atoms with E-state index in [0.717, 1.165) is 15.5 Å². The molecule has 4 amide bonds. The molecule has 6 unspecified atom stereocenters. The molecule has 0 bridgehead atoms. The number of phenols is 1. The Balaban J connectivity index is 1.35. The van der Waals surface area contributed by atoms with Gasteiger partial charge in [-0.25, -0.2) is 4.79 Å². The van der Waals surface area contributed by atoms with E-state index in [4.69, 9.17) is 9.47 Å².